The van der Waals surface area contributed by atoms with E-state index in [0.717, 1.165) is 12.6 Å². The monoisotopic (exact) mass is 265 g/mol. The molecule has 1 N–H and O–H groups in total. The van der Waals surface area contributed by atoms with Crippen LogP contribution in [0.25, 0.3) is 0 Å². The van der Waals surface area contributed by atoms with Crippen LogP contribution in [0.1, 0.15) is 42.1 Å². The number of halogens is 1. The molecule has 0 aromatic heterocycles. The van der Waals surface area contributed by atoms with Crippen LogP contribution in [-0.2, 0) is 6.54 Å². The van der Waals surface area contributed by atoms with Crippen LogP contribution in [0.4, 0.5) is 4.39 Å². The molecule has 1 fully saturated rings. The second kappa shape index (κ2) is 5.70. The third kappa shape index (κ3) is 3.32. The van der Waals surface area contributed by atoms with Crippen LogP contribution < -0.4 is 0 Å². The fraction of sp³-hybridized carbons (Fsp3) is 0.533. The summed E-state index contributed by atoms with van der Waals surface area (Å²) >= 11 is 0. The van der Waals surface area contributed by atoms with Gasteiger partial charge in [0.15, 0.2) is 5.78 Å². The highest BCUT2D eigenvalue weighted by Gasteiger charge is 2.20. The van der Waals surface area contributed by atoms with E-state index in [4.69, 9.17) is 0 Å². The van der Waals surface area contributed by atoms with Crippen LogP contribution in [0.15, 0.2) is 12.1 Å². The molecule has 0 radical (unpaired) electrons. The molecule has 4 heteroatoms. The van der Waals surface area contributed by atoms with Gasteiger partial charge in [-0.25, -0.2) is 4.39 Å². The second-order valence-electron chi connectivity index (χ2n) is 5.51. The number of hydrogen-bond acceptors (Lipinski definition) is 3. The highest BCUT2D eigenvalue weighted by atomic mass is 19.1. The van der Waals surface area contributed by atoms with E-state index >= 15 is 0 Å². The summed E-state index contributed by atoms with van der Waals surface area (Å²) in [5.41, 5.74) is 0.541. The minimum absolute atomic E-state index is 0.0621. The molecular weight excluding hydrogens is 245 g/mol. The van der Waals surface area contributed by atoms with E-state index in [2.05, 4.69) is 4.90 Å². The number of aromatic hydroxyl groups is 1. The van der Waals surface area contributed by atoms with Gasteiger partial charge < -0.3 is 10.0 Å². The van der Waals surface area contributed by atoms with E-state index in [9.17, 15) is 14.3 Å². The number of phenolic OH excluding ortho intramolecular Hbond substituents is 1. The Labute approximate surface area is 113 Å². The van der Waals surface area contributed by atoms with Gasteiger partial charge in [-0.2, -0.15) is 0 Å². The molecule has 1 aromatic rings. The quantitative estimate of drug-likeness (QED) is 0.832. The fourth-order valence-corrected chi connectivity index (χ4v) is 2.52. The van der Waals surface area contributed by atoms with Crippen molar-refractivity contribution < 1.29 is 14.3 Å². The van der Waals surface area contributed by atoms with Gasteiger partial charge in [0, 0.05) is 18.7 Å². The first-order chi connectivity index (χ1) is 8.97. The first-order valence-corrected chi connectivity index (χ1v) is 6.68. The van der Waals surface area contributed by atoms with E-state index in [1.54, 1.807) is 0 Å². The standard InChI is InChI=1S/C15H20FNO2/c1-10(18)14-7-13(16)6-12(15(14)19)9-17(2)8-11-4-3-5-11/h6-7,11,19H,3-5,8-9H2,1-2H3. The molecule has 1 aliphatic carbocycles. The molecule has 0 amide bonds. The molecule has 19 heavy (non-hydrogen) atoms. The number of hydrogen-bond donors (Lipinski definition) is 1. The average Bonchev–Trinajstić information content (AvgIpc) is 2.28. The van der Waals surface area contributed by atoms with Gasteiger partial charge in [-0.3, -0.25) is 4.79 Å². The van der Waals surface area contributed by atoms with Crippen molar-refractivity contribution in [3.8, 4) is 5.75 Å². The molecule has 0 unspecified atom stereocenters. The number of Topliss-reactive ketones (excluding diaryl/α,β-unsaturated/α-hetero) is 1. The number of carbonyl (C=O) groups is 1. The number of benzene rings is 1. The van der Waals surface area contributed by atoms with Crippen LogP contribution in [0, 0.1) is 11.7 Å². The maximum absolute atomic E-state index is 13.5. The van der Waals surface area contributed by atoms with Gasteiger partial charge in [0.2, 0.25) is 0 Å². The lowest BCUT2D eigenvalue weighted by Crippen LogP contribution is -2.29. The lowest BCUT2D eigenvalue weighted by Gasteiger charge is -2.30. The Morgan fingerprint density at radius 1 is 1.47 bits per heavy atom. The molecule has 0 aliphatic heterocycles. The highest BCUT2D eigenvalue weighted by molar-refractivity contribution is 5.97. The Morgan fingerprint density at radius 3 is 2.68 bits per heavy atom. The Bertz CT molecular complexity index is 483. The van der Waals surface area contributed by atoms with Crippen LogP contribution in [0.3, 0.4) is 0 Å². The van der Waals surface area contributed by atoms with Gasteiger partial charge in [0.1, 0.15) is 11.6 Å². The molecule has 1 aromatic carbocycles. The zero-order valence-corrected chi connectivity index (χ0v) is 11.4. The summed E-state index contributed by atoms with van der Waals surface area (Å²) in [5, 5.41) is 10.0. The minimum atomic E-state index is -0.477. The fourth-order valence-electron chi connectivity index (χ4n) is 2.52. The summed E-state index contributed by atoms with van der Waals surface area (Å²) in [5.74, 6) is -0.169. The predicted molar refractivity (Wildman–Crippen MR) is 71.7 cm³/mol. The largest absolute Gasteiger partial charge is 0.507 e. The number of ketones is 1. The van der Waals surface area contributed by atoms with Crippen molar-refractivity contribution in [2.24, 2.45) is 5.92 Å². The molecule has 104 valence electrons. The Morgan fingerprint density at radius 2 is 2.16 bits per heavy atom. The topological polar surface area (TPSA) is 40.5 Å². The van der Waals surface area contributed by atoms with Crippen molar-refractivity contribution in [3.63, 3.8) is 0 Å². The molecule has 3 nitrogen and oxygen atoms in total. The minimum Gasteiger partial charge on any atom is -0.507 e. The zero-order chi connectivity index (χ0) is 14.0. The van der Waals surface area contributed by atoms with E-state index in [1.807, 2.05) is 7.05 Å². The summed E-state index contributed by atoms with van der Waals surface area (Å²) in [6.07, 6.45) is 3.79. The van der Waals surface area contributed by atoms with Crippen molar-refractivity contribution in [2.75, 3.05) is 13.6 Å². The number of rotatable bonds is 5. The molecule has 0 atom stereocenters. The molecule has 0 saturated heterocycles. The average molecular weight is 265 g/mol. The van der Waals surface area contributed by atoms with Crippen molar-refractivity contribution >= 4 is 5.78 Å². The molecule has 1 aliphatic rings. The number of carbonyl (C=O) groups excluding carboxylic acids is 1. The molecule has 0 heterocycles. The summed E-state index contributed by atoms with van der Waals surface area (Å²) < 4.78 is 13.5. The summed E-state index contributed by atoms with van der Waals surface area (Å²) in [4.78, 5) is 13.4. The summed E-state index contributed by atoms with van der Waals surface area (Å²) in [6.45, 7) is 2.74. The van der Waals surface area contributed by atoms with Gasteiger partial charge in [0.25, 0.3) is 0 Å². The molecule has 1 saturated carbocycles. The van der Waals surface area contributed by atoms with Crippen LogP contribution in [-0.4, -0.2) is 29.4 Å². The van der Waals surface area contributed by atoms with E-state index in [0.29, 0.717) is 18.0 Å². The normalized spacial score (nSPS) is 15.6. The SMILES string of the molecule is CC(=O)c1cc(F)cc(CN(C)CC2CCC2)c1O. The predicted octanol–water partition coefficient (Wildman–Crippen LogP) is 2.97. The summed E-state index contributed by atoms with van der Waals surface area (Å²) in [7, 11) is 1.95. The smallest absolute Gasteiger partial charge is 0.163 e. The molecule has 2 rings (SSSR count). The van der Waals surface area contributed by atoms with Gasteiger partial charge in [-0.05, 0) is 44.9 Å². The van der Waals surface area contributed by atoms with Gasteiger partial charge in [0.05, 0.1) is 5.56 Å². The third-order valence-corrected chi connectivity index (χ3v) is 3.77. The van der Waals surface area contributed by atoms with E-state index in [1.165, 1.54) is 32.3 Å². The second-order valence-corrected chi connectivity index (χ2v) is 5.51. The maximum Gasteiger partial charge on any atom is 0.163 e. The lowest BCUT2D eigenvalue weighted by molar-refractivity contribution is 0.101. The maximum atomic E-state index is 13.5. The molecule has 0 bridgehead atoms. The van der Waals surface area contributed by atoms with E-state index in [-0.39, 0.29) is 17.1 Å². The summed E-state index contributed by atoms with van der Waals surface area (Å²) in [6, 6.07) is 2.39. The Balaban J connectivity index is 2.12. The van der Waals surface area contributed by atoms with Gasteiger partial charge in [-0.1, -0.05) is 6.42 Å². The van der Waals surface area contributed by atoms with E-state index < -0.39 is 5.82 Å². The number of phenols is 1. The third-order valence-electron chi connectivity index (χ3n) is 3.77. The Kier molecular flexibility index (Phi) is 4.20. The zero-order valence-electron chi connectivity index (χ0n) is 11.4. The van der Waals surface area contributed by atoms with Gasteiger partial charge >= 0.3 is 0 Å². The van der Waals surface area contributed by atoms with Crippen molar-refractivity contribution in [1.29, 1.82) is 0 Å². The number of nitrogens with zero attached hydrogens (tertiary/aromatic N) is 1. The molecule has 0 spiro atoms. The van der Waals surface area contributed by atoms with Crippen LogP contribution in [0.5, 0.6) is 5.75 Å². The van der Waals surface area contributed by atoms with Gasteiger partial charge in [-0.15, -0.1) is 0 Å². The Hall–Kier alpha value is -1.42. The van der Waals surface area contributed by atoms with Crippen molar-refractivity contribution in [2.45, 2.75) is 32.7 Å². The molecular formula is C15H20FNO2. The van der Waals surface area contributed by atoms with Crippen LogP contribution in [0.2, 0.25) is 0 Å². The lowest BCUT2D eigenvalue weighted by atomic mass is 9.85. The highest BCUT2D eigenvalue weighted by Crippen LogP contribution is 2.29. The van der Waals surface area contributed by atoms with Crippen LogP contribution >= 0.6 is 0 Å². The first-order valence-electron chi connectivity index (χ1n) is 6.68. The first kappa shape index (κ1) is 14.0. The van der Waals surface area contributed by atoms with Crippen molar-refractivity contribution in [1.82, 2.24) is 4.90 Å². The van der Waals surface area contributed by atoms with Crippen molar-refractivity contribution in [3.05, 3.63) is 29.1 Å².